The maximum Gasteiger partial charge on any atom is 0.490 e. The number of halogens is 3. The molecule has 34 heavy (non-hydrogen) atoms. The molecule has 1 aliphatic carbocycles. The van der Waals surface area contributed by atoms with Gasteiger partial charge in [-0.3, -0.25) is 9.59 Å². The van der Waals surface area contributed by atoms with Crippen molar-refractivity contribution in [2.45, 2.75) is 44.3 Å². The molecule has 0 unspecified atom stereocenters. The average Bonchev–Trinajstić information content (AvgIpc) is 2.83. The summed E-state index contributed by atoms with van der Waals surface area (Å²) in [5.41, 5.74) is 1.66. The normalized spacial score (nSPS) is 16.8. The molecule has 0 atom stereocenters. The number of alkyl halides is 3. The van der Waals surface area contributed by atoms with E-state index in [0.717, 1.165) is 57.5 Å². The smallest absolute Gasteiger partial charge is 0.475 e. The van der Waals surface area contributed by atoms with Gasteiger partial charge >= 0.3 is 12.1 Å². The number of piperazine rings is 1. The van der Waals surface area contributed by atoms with Gasteiger partial charge in [0.25, 0.3) is 5.91 Å². The first-order valence-electron chi connectivity index (χ1n) is 11.4. The Morgan fingerprint density at radius 3 is 2.21 bits per heavy atom. The lowest BCUT2D eigenvalue weighted by Gasteiger charge is -2.36. The summed E-state index contributed by atoms with van der Waals surface area (Å²) in [6.45, 7) is 3.29. The van der Waals surface area contributed by atoms with Gasteiger partial charge in [0.2, 0.25) is 5.91 Å². The molecule has 1 aromatic carbocycles. The predicted molar refractivity (Wildman–Crippen MR) is 122 cm³/mol. The third kappa shape index (κ3) is 8.19. The molecule has 1 saturated carbocycles. The number of carboxylic acid groups (broad SMARTS) is 1. The van der Waals surface area contributed by atoms with E-state index in [0.29, 0.717) is 5.56 Å². The number of hydrogen-bond donors (Lipinski definition) is 2. The van der Waals surface area contributed by atoms with Crippen molar-refractivity contribution in [3.8, 4) is 0 Å². The largest absolute Gasteiger partial charge is 0.490 e. The zero-order valence-electron chi connectivity index (χ0n) is 19.6. The Hall–Kier alpha value is -2.82. The highest BCUT2D eigenvalue weighted by atomic mass is 19.4. The van der Waals surface area contributed by atoms with Crippen LogP contribution in [0, 0.1) is 0 Å². The molecular formula is C23H33F3N4O4. The molecule has 2 aliphatic rings. The van der Waals surface area contributed by atoms with Gasteiger partial charge in [0.05, 0.1) is 0 Å². The van der Waals surface area contributed by atoms with Gasteiger partial charge in [-0.2, -0.15) is 13.2 Å². The summed E-state index contributed by atoms with van der Waals surface area (Å²) in [7, 11) is 3.94. The van der Waals surface area contributed by atoms with Crippen molar-refractivity contribution < 1.29 is 32.7 Å². The van der Waals surface area contributed by atoms with Crippen molar-refractivity contribution in [1.82, 2.24) is 15.1 Å². The highest BCUT2D eigenvalue weighted by Crippen LogP contribution is 2.25. The number of carbonyl (C=O) groups is 3. The average molecular weight is 487 g/mol. The van der Waals surface area contributed by atoms with Gasteiger partial charge in [0, 0.05) is 57.6 Å². The van der Waals surface area contributed by atoms with E-state index in [4.69, 9.17) is 9.90 Å². The van der Waals surface area contributed by atoms with Crippen molar-refractivity contribution in [3.05, 3.63) is 29.8 Å². The van der Waals surface area contributed by atoms with E-state index in [-0.39, 0.29) is 24.4 Å². The quantitative estimate of drug-likeness (QED) is 0.665. The Bertz CT molecular complexity index is 836. The third-order valence-corrected chi connectivity index (χ3v) is 5.90. The second kappa shape index (κ2) is 12.6. The molecule has 1 aromatic rings. The van der Waals surface area contributed by atoms with E-state index in [1.54, 1.807) is 0 Å². The standard InChI is InChI=1S/C21H32N4O2.C2HF3O2/c1-23(2)19-10-6-7-17(15-19)21(27)25(18-8-4-3-5-9-18)16-20(26)24-13-11-22-12-14-24;3-2(4,5)1(6)7/h6-7,10,15,18,22H,3-5,8-9,11-14,16H2,1-2H3;(H,6,7). The van der Waals surface area contributed by atoms with Gasteiger partial charge in [0.15, 0.2) is 0 Å². The van der Waals surface area contributed by atoms with Crippen LogP contribution in [0.5, 0.6) is 0 Å². The van der Waals surface area contributed by atoms with Crippen LogP contribution in [-0.4, -0.2) is 91.7 Å². The number of benzene rings is 1. The fourth-order valence-electron chi connectivity index (χ4n) is 4.00. The lowest BCUT2D eigenvalue weighted by atomic mass is 9.93. The number of anilines is 1. The molecule has 0 radical (unpaired) electrons. The molecule has 3 rings (SSSR count). The maximum atomic E-state index is 13.4. The molecule has 1 saturated heterocycles. The predicted octanol–water partition coefficient (Wildman–Crippen LogP) is 2.59. The van der Waals surface area contributed by atoms with E-state index in [1.165, 1.54) is 6.42 Å². The fourth-order valence-corrected chi connectivity index (χ4v) is 4.00. The fraction of sp³-hybridized carbons (Fsp3) is 0.609. The molecule has 190 valence electrons. The number of aliphatic carboxylic acids is 1. The Labute approximate surface area is 197 Å². The SMILES string of the molecule is CN(C)c1cccc(C(=O)N(CC(=O)N2CCNCC2)C2CCCCC2)c1.O=C(O)C(F)(F)F. The first-order valence-corrected chi connectivity index (χ1v) is 11.4. The van der Waals surface area contributed by atoms with Crippen molar-refractivity contribution >= 4 is 23.5 Å². The van der Waals surface area contributed by atoms with Crippen LogP contribution in [0.15, 0.2) is 24.3 Å². The molecule has 0 spiro atoms. The zero-order valence-corrected chi connectivity index (χ0v) is 19.6. The van der Waals surface area contributed by atoms with Gasteiger partial charge < -0.3 is 25.1 Å². The summed E-state index contributed by atoms with van der Waals surface area (Å²) in [5, 5.41) is 10.4. The number of carbonyl (C=O) groups excluding carboxylic acids is 2. The summed E-state index contributed by atoms with van der Waals surface area (Å²) in [6.07, 6.45) is 0.393. The van der Waals surface area contributed by atoms with Gasteiger partial charge in [-0.25, -0.2) is 4.79 Å². The van der Waals surface area contributed by atoms with Crippen molar-refractivity contribution in [2.75, 3.05) is 51.7 Å². The number of nitrogens with zero attached hydrogens (tertiary/aromatic N) is 3. The first kappa shape index (κ1) is 27.4. The van der Waals surface area contributed by atoms with Gasteiger partial charge in [-0.1, -0.05) is 25.3 Å². The van der Waals surface area contributed by atoms with E-state index in [1.807, 2.05) is 53.1 Å². The Kier molecular flexibility index (Phi) is 10.2. The van der Waals surface area contributed by atoms with Gasteiger partial charge in [-0.05, 0) is 31.0 Å². The van der Waals surface area contributed by atoms with Gasteiger partial charge in [-0.15, -0.1) is 0 Å². The molecule has 1 aliphatic heterocycles. The topological polar surface area (TPSA) is 93.2 Å². The van der Waals surface area contributed by atoms with Gasteiger partial charge in [0.1, 0.15) is 6.54 Å². The summed E-state index contributed by atoms with van der Waals surface area (Å²) in [4.78, 5) is 40.8. The second-order valence-electron chi connectivity index (χ2n) is 8.60. The lowest BCUT2D eigenvalue weighted by Crippen LogP contribution is -2.52. The first-order chi connectivity index (χ1) is 16.0. The lowest BCUT2D eigenvalue weighted by molar-refractivity contribution is -0.192. The van der Waals surface area contributed by atoms with Crippen LogP contribution in [0.2, 0.25) is 0 Å². The monoisotopic (exact) mass is 486 g/mol. The van der Waals surface area contributed by atoms with Crippen LogP contribution in [-0.2, 0) is 9.59 Å². The molecule has 2 fully saturated rings. The van der Waals surface area contributed by atoms with Crippen LogP contribution in [0.1, 0.15) is 42.5 Å². The molecule has 0 bridgehead atoms. The maximum absolute atomic E-state index is 13.4. The highest BCUT2D eigenvalue weighted by molar-refractivity contribution is 5.97. The molecule has 2 amide bonds. The second-order valence-corrected chi connectivity index (χ2v) is 8.60. The van der Waals surface area contributed by atoms with Crippen molar-refractivity contribution in [3.63, 3.8) is 0 Å². The van der Waals surface area contributed by atoms with E-state index >= 15 is 0 Å². The Balaban J connectivity index is 0.000000509. The molecule has 1 heterocycles. The highest BCUT2D eigenvalue weighted by Gasteiger charge is 2.38. The summed E-state index contributed by atoms with van der Waals surface area (Å²) in [6, 6.07) is 7.86. The van der Waals surface area contributed by atoms with E-state index in [9.17, 15) is 22.8 Å². The van der Waals surface area contributed by atoms with Crippen LogP contribution in [0.25, 0.3) is 0 Å². The number of amides is 2. The molecule has 2 N–H and O–H groups in total. The molecule has 0 aromatic heterocycles. The molecule has 11 heteroatoms. The van der Waals surface area contributed by atoms with Crippen molar-refractivity contribution in [1.29, 1.82) is 0 Å². The number of rotatable bonds is 5. The van der Waals surface area contributed by atoms with E-state index in [2.05, 4.69) is 5.32 Å². The minimum atomic E-state index is -5.08. The van der Waals surface area contributed by atoms with Crippen LogP contribution in [0.3, 0.4) is 0 Å². The Morgan fingerprint density at radius 1 is 1.09 bits per heavy atom. The summed E-state index contributed by atoms with van der Waals surface area (Å²) in [5.74, 6) is -2.71. The minimum Gasteiger partial charge on any atom is -0.475 e. The van der Waals surface area contributed by atoms with Crippen LogP contribution in [0.4, 0.5) is 18.9 Å². The summed E-state index contributed by atoms with van der Waals surface area (Å²) < 4.78 is 31.7. The van der Waals surface area contributed by atoms with E-state index < -0.39 is 12.1 Å². The van der Waals surface area contributed by atoms with Crippen LogP contribution >= 0.6 is 0 Å². The van der Waals surface area contributed by atoms with Crippen LogP contribution < -0.4 is 10.2 Å². The summed E-state index contributed by atoms with van der Waals surface area (Å²) >= 11 is 0. The Morgan fingerprint density at radius 2 is 1.68 bits per heavy atom. The van der Waals surface area contributed by atoms with Crippen molar-refractivity contribution in [2.24, 2.45) is 0 Å². The minimum absolute atomic E-state index is 0.0194. The number of nitrogens with one attached hydrogen (secondary N) is 1. The number of hydrogen-bond acceptors (Lipinski definition) is 5. The number of carboxylic acids is 1. The molecule has 8 nitrogen and oxygen atoms in total. The third-order valence-electron chi connectivity index (χ3n) is 5.90. The molecular weight excluding hydrogens is 453 g/mol. The zero-order chi connectivity index (χ0) is 25.3.